The Bertz CT molecular complexity index is 726. The molecular weight excluding hydrogens is 316 g/mol. The van der Waals surface area contributed by atoms with Crippen molar-refractivity contribution in [2.75, 3.05) is 19.6 Å². The van der Waals surface area contributed by atoms with Crippen LogP contribution in [0, 0.1) is 0 Å². The van der Waals surface area contributed by atoms with E-state index in [4.69, 9.17) is 11.6 Å². The van der Waals surface area contributed by atoms with Gasteiger partial charge in [-0.1, -0.05) is 48.0 Å². The van der Waals surface area contributed by atoms with Crippen LogP contribution in [0.5, 0.6) is 0 Å². The van der Waals surface area contributed by atoms with E-state index < -0.39 is 0 Å². The topological polar surface area (TPSA) is 15.3 Å². The zero-order valence-corrected chi connectivity index (χ0v) is 15.2. The standard InChI is InChI=1S/C21H25ClN2/c1-21(2)14-24(11-10-23-21)20-13-18(15-6-4-3-5-7-15)17-9-8-16(22)12-19(17)20/h3-9,12,18,20,23H,10-11,13-14H2,1-2H3/t18?,20-/m0/s1. The average molecular weight is 341 g/mol. The number of piperazine rings is 1. The van der Waals surface area contributed by atoms with Crippen LogP contribution in [0.15, 0.2) is 48.5 Å². The number of nitrogens with zero attached hydrogens (tertiary/aromatic N) is 1. The zero-order chi connectivity index (χ0) is 16.7. The van der Waals surface area contributed by atoms with Crippen molar-refractivity contribution >= 4 is 11.6 Å². The van der Waals surface area contributed by atoms with Gasteiger partial charge < -0.3 is 5.32 Å². The van der Waals surface area contributed by atoms with E-state index in [9.17, 15) is 0 Å². The predicted octanol–water partition coefficient (Wildman–Crippen LogP) is 4.60. The molecule has 4 rings (SSSR count). The largest absolute Gasteiger partial charge is 0.309 e. The van der Waals surface area contributed by atoms with Crippen LogP contribution in [0.3, 0.4) is 0 Å². The molecule has 0 saturated carbocycles. The van der Waals surface area contributed by atoms with Crippen molar-refractivity contribution < 1.29 is 0 Å². The van der Waals surface area contributed by atoms with Gasteiger partial charge in [0.05, 0.1) is 0 Å². The summed E-state index contributed by atoms with van der Waals surface area (Å²) in [5, 5.41) is 4.47. The molecule has 0 spiro atoms. The lowest BCUT2D eigenvalue weighted by molar-refractivity contribution is 0.107. The van der Waals surface area contributed by atoms with Gasteiger partial charge in [-0.2, -0.15) is 0 Å². The highest BCUT2D eigenvalue weighted by Crippen LogP contribution is 2.47. The summed E-state index contributed by atoms with van der Waals surface area (Å²) in [6.07, 6.45) is 1.15. The van der Waals surface area contributed by atoms with Crippen LogP contribution in [0.2, 0.25) is 5.02 Å². The molecule has 1 aliphatic heterocycles. The van der Waals surface area contributed by atoms with Crippen molar-refractivity contribution in [3.63, 3.8) is 0 Å². The summed E-state index contributed by atoms with van der Waals surface area (Å²) in [7, 11) is 0. The van der Waals surface area contributed by atoms with Crippen molar-refractivity contribution in [1.82, 2.24) is 10.2 Å². The molecule has 2 aromatic carbocycles. The maximum Gasteiger partial charge on any atom is 0.0409 e. The summed E-state index contributed by atoms with van der Waals surface area (Å²) in [6, 6.07) is 17.8. The third-order valence-electron chi connectivity index (χ3n) is 5.49. The average Bonchev–Trinajstić information content (AvgIpc) is 2.93. The van der Waals surface area contributed by atoms with Crippen LogP contribution in [-0.4, -0.2) is 30.1 Å². The SMILES string of the molecule is CC1(C)CN([C@H]2CC(c3ccccc3)c3ccc(Cl)cc32)CCN1. The highest BCUT2D eigenvalue weighted by molar-refractivity contribution is 6.30. The molecule has 126 valence electrons. The first kappa shape index (κ1) is 16.1. The van der Waals surface area contributed by atoms with Crippen LogP contribution in [0.4, 0.5) is 0 Å². The van der Waals surface area contributed by atoms with Gasteiger partial charge in [0, 0.05) is 42.2 Å². The van der Waals surface area contributed by atoms with Crippen molar-refractivity contribution in [1.29, 1.82) is 0 Å². The van der Waals surface area contributed by atoms with E-state index in [1.54, 1.807) is 0 Å². The minimum Gasteiger partial charge on any atom is -0.309 e. The van der Waals surface area contributed by atoms with E-state index in [-0.39, 0.29) is 5.54 Å². The smallest absolute Gasteiger partial charge is 0.0409 e. The summed E-state index contributed by atoms with van der Waals surface area (Å²) >= 11 is 6.35. The molecule has 3 heteroatoms. The fourth-order valence-electron chi connectivity index (χ4n) is 4.42. The lowest BCUT2D eigenvalue weighted by atomic mass is 9.93. The second-order valence-corrected chi connectivity index (χ2v) is 8.21. The lowest BCUT2D eigenvalue weighted by Crippen LogP contribution is -2.57. The molecule has 2 aliphatic rings. The van der Waals surface area contributed by atoms with E-state index in [1.807, 2.05) is 6.07 Å². The highest BCUT2D eigenvalue weighted by atomic mass is 35.5. The van der Waals surface area contributed by atoms with Gasteiger partial charge in [0.1, 0.15) is 0 Å². The first-order chi connectivity index (χ1) is 11.5. The fourth-order valence-corrected chi connectivity index (χ4v) is 4.60. The third-order valence-corrected chi connectivity index (χ3v) is 5.72. The summed E-state index contributed by atoms with van der Waals surface area (Å²) in [4.78, 5) is 2.65. The summed E-state index contributed by atoms with van der Waals surface area (Å²) < 4.78 is 0. The molecule has 0 bridgehead atoms. The minimum absolute atomic E-state index is 0.168. The van der Waals surface area contributed by atoms with E-state index >= 15 is 0 Å². The Morgan fingerprint density at radius 2 is 1.88 bits per heavy atom. The molecule has 0 amide bonds. The van der Waals surface area contributed by atoms with Crippen LogP contribution in [0.25, 0.3) is 0 Å². The van der Waals surface area contributed by atoms with Gasteiger partial charge in [-0.15, -0.1) is 0 Å². The maximum absolute atomic E-state index is 6.35. The Morgan fingerprint density at radius 1 is 1.08 bits per heavy atom. The highest BCUT2D eigenvalue weighted by Gasteiger charge is 2.38. The number of nitrogens with one attached hydrogen (secondary N) is 1. The van der Waals surface area contributed by atoms with E-state index in [0.717, 1.165) is 31.1 Å². The molecule has 2 atom stereocenters. The van der Waals surface area contributed by atoms with Gasteiger partial charge in [-0.05, 0) is 49.1 Å². The predicted molar refractivity (Wildman–Crippen MR) is 101 cm³/mol. The van der Waals surface area contributed by atoms with Crippen molar-refractivity contribution in [2.45, 2.75) is 37.8 Å². The molecule has 0 radical (unpaired) electrons. The van der Waals surface area contributed by atoms with Crippen LogP contribution < -0.4 is 5.32 Å². The van der Waals surface area contributed by atoms with Crippen molar-refractivity contribution in [2.24, 2.45) is 0 Å². The molecule has 24 heavy (non-hydrogen) atoms. The van der Waals surface area contributed by atoms with E-state index in [1.165, 1.54) is 16.7 Å². The van der Waals surface area contributed by atoms with Crippen molar-refractivity contribution in [3.05, 3.63) is 70.2 Å². The maximum atomic E-state index is 6.35. The van der Waals surface area contributed by atoms with E-state index in [0.29, 0.717) is 12.0 Å². The van der Waals surface area contributed by atoms with Gasteiger partial charge in [0.15, 0.2) is 0 Å². The quantitative estimate of drug-likeness (QED) is 0.859. The molecule has 1 saturated heterocycles. The summed E-state index contributed by atoms with van der Waals surface area (Å²) in [5.74, 6) is 0.474. The number of hydrogen-bond donors (Lipinski definition) is 1. The molecule has 1 fully saturated rings. The molecule has 0 aromatic heterocycles. The first-order valence-electron chi connectivity index (χ1n) is 8.87. The fraction of sp³-hybridized carbons (Fsp3) is 0.429. The van der Waals surface area contributed by atoms with Crippen LogP contribution in [-0.2, 0) is 0 Å². The Balaban J connectivity index is 1.71. The van der Waals surface area contributed by atoms with Gasteiger partial charge in [0.25, 0.3) is 0 Å². The Labute approximate surface area is 149 Å². The first-order valence-corrected chi connectivity index (χ1v) is 9.25. The van der Waals surface area contributed by atoms with E-state index in [2.05, 4.69) is 66.5 Å². The van der Waals surface area contributed by atoms with Crippen molar-refractivity contribution in [3.8, 4) is 0 Å². The molecule has 2 aromatic rings. The molecule has 2 nitrogen and oxygen atoms in total. The third kappa shape index (κ3) is 2.99. The number of fused-ring (bicyclic) bond motifs is 1. The summed E-state index contributed by atoms with van der Waals surface area (Å²) in [5.41, 5.74) is 4.46. The normalized spacial score (nSPS) is 26.3. The second-order valence-electron chi connectivity index (χ2n) is 7.77. The minimum atomic E-state index is 0.168. The second kappa shape index (κ2) is 6.18. The number of halogens is 1. The Morgan fingerprint density at radius 3 is 2.62 bits per heavy atom. The number of benzene rings is 2. The number of rotatable bonds is 2. The number of hydrogen-bond acceptors (Lipinski definition) is 2. The van der Waals surface area contributed by atoms with Gasteiger partial charge >= 0.3 is 0 Å². The van der Waals surface area contributed by atoms with Gasteiger partial charge in [-0.3, -0.25) is 4.90 Å². The zero-order valence-electron chi connectivity index (χ0n) is 14.4. The monoisotopic (exact) mass is 340 g/mol. The molecule has 1 heterocycles. The molecular formula is C21H25ClN2. The Hall–Kier alpha value is -1.35. The van der Waals surface area contributed by atoms with Crippen LogP contribution in [0.1, 0.15) is 48.9 Å². The molecule has 1 aliphatic carbocycles. The van der Waals surface area contributed by atoms with Crippen LogP contribution >= 0.6 is 11.6 Å². The molecule has 1 unspecified atom stereocenters. The van der Waals surface area contributed by atoms with Gasteiger partial charge in [0.2, 0.25) is 0 Å². The molecule has 1 N–H and O–H groups in total. The van der Waals surface area contributed by atoms with Gasteiger partial charge in [-0.25, -0.2) is 0 Å². The lowest BCUT2D eigenvalue weighted by Gasteiger charge is -2.42. The Kier molecular flexibility index (Phi) is 4.16. The summed E-state index contributed by atoms with van der Waals surface area (Å²) in [6.45, 7) is 7.81.